The van der Waals surface area contributed by atoms with E-state index in [1.807, 2.05) is 39.1 Å². The lowest BCUT2D eigenvalue weighted by atomic mass is 9.96. The van der Waals surface area contributed by atoms with E-state index in [-0.39, 0.29) is 19.4 Å². The number of benzene rings is 2. The number of rotatable bonds is 5. The molecule has 2 aromatic heterocycles. The monoisotopic (exact) mass is 469 g/mol. The van der Waals surface area contributed by atoms with Crippen molar-refractivity contribution in [1.29, 1.82) is 0 Å². The summed E-state index contributed by atoms with van der Waals surface area (Å²) >= 11 is 0. The average molecular weight is 470 g/mol. The van der Waals surface area contributed by atoms with Gasteiger partial charge in [-0.25, -0.2) is 0 Å². The van der Waals surface area contributed by atoms with Crippen LogP contribution in [0.25, 0.3) is 21.6 Å². The summed E-state index contributed by atoms with van der Waals surface area (Å²) in [6.45, 7) is 7.59. The predicted molar refractivity (Wildman–Crippen MR) is 142 cm³/mol. The summed E-state index contributed by atoms with van der Waals surface area (Å²) in [5, 5.41) is 5.87. The summed E-state index contributed by atoms with van der Waals surface area (Å²) in [5.41, 5.74) is 8.33. The standard InChI is InChI=1S/C28H28N3O2P/c1-17-7-8-22(13-24(17)25-12-21-14-29-18(2)11-27(21)34-28(25)33)30-26-6-4-5-20-15-31(19(3)16-32)10-9-23(20)26/h4-8,11-14,16,19,30,34H,9-10,15H2,1-3H3. The molecule has 1 aliphatic rings. The van der Waals surface area contributed by atoms with Crippen LogP contribution < -0.4 is 10.5 Å². The SMILES string of the molecule is Cc1cc2[pH]c(=O)c(-c3cc(Nc4cccc5c4CCN(C(C)C=O)C5)ccc3C)cc2cn1. The van der Waals surface area contributed by atoms with Crippen molar-refractivity contribution in [3.8, 4) is 11.1 Å². The molecule has 1 aliphatic heterocycles. The van der Waals surface area contributed by atoms with E-state index in [9.17, 15) is 9.59 Å². The van der Waals surface area contributed by atoms with Crippen LogP contribution in [0.5, 0.6) is 0 Å². The van der Waals surface area contributed by atoms with Crippen LogP contribution in [0.1, 0.15) is 29.3 Å². The Labute approximate surface area is 200 Å². The molecular weight excluding hydrogens is 441 g/mol. The molecule has 0 amide bonds. The fourth-order valence-corrected chi connectivity index (χ4v) is 5.88. The van der Waals surface area contributed by atoms with Crippen molar-refractivity contribution in [1.82, 2.24) is 9.88 Å². The molecule has 0 fully saturated rings. The first-order valence-electron chi connectivity index (χ1n) is 11.6. The van der Waals surface area contributed by atoms with E-state index in [0.717, 1.165) is 70.1 Å². The van der Waals surface area contributed by atoms with Crippen LogP contribution in [0, 0.1) is 13.8 Å². The first-order chi connectivity index (χ1) is 16.4. The molecule has 0 bridgehead atoms. The number of pyridine rings is 1. The van der Waals surface area contributed by atoms with Gasteiger partial charge < -0.3 is 10.1 Å². The van der Waals surface area contributed by atoms with Crippen LogP contribution in [0.15, 0.2) is 59.5 Å². The summed E-state index contributed by atoms with van der Waals surface area (Å²) in [4.78, 5) is 30.9. The second-order valence-electron chi connectivity index (χ2n) is 9.12. The average Bonchev–Trinajstić information content (AvgIpc) is 2.84. The molecule has 172 valence electrons. The van der Waals surface area contributed by atoms with Crippen molar-refractivity contribution in [3.05, 3.63) is 87.1 Å². The molecule has 34 heavy (non-hydrogen) atoms. The van der Waals surface area contributed by atoms with Gasteiger partial charge in [-0.15, -0.1) is 0 Å². The van der Waals surface area contributed by atoms with E-state index in [4.69, 9.17) is 0 Å². The molecule has 5 nitrogen and oxygen atoms in total. The largest absolute Gasteiger partial charge is 0.355 e. The second-order valence-corrected chi connectivity index (χ2v) is 10.4. The summed E-state index contributed by atoms with van der Waals surface area (Å²) in [6.07, 6.45) is 3.77. The Bertz CT molecular complexity index is 1460. The third-order valence-corrected chi connectivity index (χ3v) is 7.94. The normalized spacial score (nSPS) is 14.8. The van der Waals surface area contributed by atoms with Crippen molar-refractivity contribution < 1.29 is 4.79 Å². The molecule has 4 aromatic rings. The summed E-state index contributed by atoms with van der Waals surface area (Å²) in [7, 11) is 0.117. The summed E-state index contributed by atoms with van der Waals surface area (Å²) in [6, 6.07) is 16.5. The minimum atomic E-state index is -0.0734. The fraction of sp³-hybridized carbons (Fsp3) is 0.250. The van der Waals surface area contributed by atoms with E-state index in [1.165, 1.54) is 11.1 Å². The highest BCUT2D eigenvalue weighted by Gasteiger charge is 2.22. The Kier molecular flexibility index (Phi) is 6.07. The number of aryl methyl sites for hydroxylation is 2. The molecule has 2 unspecified atom stereocenters. The van der Waals surface area contributed by atoms with E-state index < -0.39 is 0 Å². The van der Waals surface area contributed by atoms with Crippen molar-refractivity contribution in [2.24, 2.45) is 0 Å². The van der Waals surface area contributed by atoms with Gasteiger partial charge in [0.2, 0.25) is 5.16 Å². The quantitative estimate of drug-likeness (QED) is 0.386. The number of anilines is 2. The Morgan fingerprint density at radius 2 is 1.97 bits per heavy atom. The van der Waals surface area contributed by atoms with Gasteiger partial charge in [-0.3, -0.25) is 14.7 Å². The van der Waals surface area contributed by atoms with Crippen LogP contribution >= 0.6 is 8.19 Å². The molecule has 0 saturated heterocycles. The molecule has 3 heterocycles. The van der Waals surface area contributed by atoms with Crippen LogP contribution in [0.3, 0.4) is 0 Å². The zero-order valence-electron chi connectivity index (χ0n) is 19.7. The number of aldehydes is 1. The highest BCUT2D eigenvalue weighted by molar-refractivity contribution is 7.35. The number of hydrogen-bond donors (Lipinski definition) is 1. The maximum absolute atomic E-state index is 13.1. The van der Waals surface area contributed by atoms with E-state index in [2.05, 4.69) is 51.6 Å². The second kappa shape index (κ2) is 9.17. The molecular formula is C28H28N3O2P. The molecule has 5 rings (SSSR count). The smallest absolute Gasteiger partial charge is 0.201 e. The lowest BCUT2D eigenvalue weighted by Gasteiger charge is -2.32. The minimum absolute atomic E-state index is 0.0734. The van der Waals surface area contributed by atoms with E-state index >= 15 is 0 Å². The molecule has 2 atom stereocenters. The van der Waals surface area contributed by atoms with Gasteiger partial charge in [-0.05, 0) is 79.8 Å². The molecule has 6 heteroatoms. The van der Waals surface area contributed by atoms with Gasteiger partial charge in [0, 0.05) is 52.4 Å². The van der Waals surface area contributed by atoms with Crippen LogP contribution in [0.2, 0.25) is 0 Å². The van der Waals surface area contributed by atoms with Crippen molar-refractivity contribution in [2.75, 3.05) is 11.9 Å². The van der Waals surface area contributed by atoms with Crippen LogP contribution in [-0.2, 0) is 17.8 Å². The number of fused-ring (bicyclic) bond motifs is 2. The number of aromatic nitrogens is 1. The van der Waals surface area contributed by atoms with Gasteiger partial charge in [0.1, 0.15) is 6.29 Å². The Balaban J connectivity index is 1.49. The van der Waals surface area contributed by atoms with Gasteiger partial charge >= 0.3 is 0 Å². The van der Waals surface area contributed by atoms with Gasteiger partial charge in [-0.2, -0.15) is 0 Å². The molecule has 0 aliphatic carbocycles. The minimum Gasteiger partial charge on any atom is -0.355 e. The Morgan fingerprint density at radius 3 is 2.79 bits per heavy atom. The molecule has 0 saturated carbocycles. The van der Waals surface area contributed by atoms with Gasteiger partial charge in [0.25, 0.3) is 0 Å². The lowest BCUT2D eigenvalue weighted by Crippen LogP contribution is -2.38. The van der Waals surface area contributed by atoms with Crippen molar-refractivity contribution in [3.63, 3.8) is 0 Å². The first-order valence-corrected chi connectivity index (χ1v) is 12.6. The molecule has 2 aromatic carbocycles. The number of carbonyl (C=O) groups is 1. The van der Waals surface area contributed by atoms with Crippen LogP contribution in [-0.4, -0.2) is 28.8 Å². The summed E-state index contributed by atoms with van der Waals surface area (Å²) in [5.74, 6) is 0. The zero-order chi connectivity index (χ0) is 23.8. The highest BCUT2D eigenvalue weighted by Crippen LogP contribution is 2.33. The molecule has 0 spiro atoms. The zero-order valence-corrected chi connectivity index (χ0v) is 20.7. The number of carbonyl (C=O) groups excluding carboxylic acids is 1. The third-order valence-electron chi connectivity index (χ3n) is 6.74. The van der Waals surface area contributed by atoms with Crippen molar-refractivity contribution >= 4 is 36.4 Å². The number of hydrogen-bond acceptors (Lipinski definition) is 5. The molecule has 0 radical (unpaired) electrons. The fourth-order valence-electron chi connectivity index (χ4n) is 4.73. The van der Waals surface area contributed by atoms with Gasteiger partial charge in [0.15, 0.2) is 0 Å². The Morgan fingerprint density at radius 1 is 1.12 bits per heavy atom. The number of nitrogens with zero attached hydrogens (tertiary/aromatic N) is 2. The number of nitrogens with one attached hydrogen (secondary N) is 1. The Hall–Kier alpha value is -3.27. The third kappa shape index (κ3) is 4.29. The maximum Gasteiger partial charge on any atom is 0.201 e. The van der Waals surface area contributed by atoms with Crippen molar-refractivity contribution in [2.45, 2.75) is 39.8 Å². The highest BCUT2D eigenvalue weighted by atomic mass is 31.0. The topological polar surface area (TPSA) is 62.3 Å². The van der Waals surface area contributed by atoms with Gasteiger partial charge in [0.05, 0.1) is 6.04 Å². The van der Waals surface area contributed by atoms with Gasteiger partial charge in [-0.1, -0.05) is 26.4 Å². The van der Waals surface area contributed by atoms with Crippen LogP contribution in [0.4, 0.5) is 11.4 Å². The maximum atomic E-state index is 13.1. The lowest BCUT2D eigenvalue weighted by molar-refractivity contribution is -0.112. The predicted octanol–water partition coefficient (Wildman–Crippen LogP) is 5.60. The van der Waals surface area contributed by atoms with E-state index in [1.54, 1.807) is 0 Å². The first kappa shape index (κ1) is 22.5. The summed E-state index contributed by atoms with van der Waals surface area (Å²) < 4.78 is 0. The molecule has 1 N–H and O–H groups in total. The van der Waals surface area contributed by atoms with E-state index in [0.29, 0.717) is 0 Å².